The van der Waals surface area contributed by atoms with Crippen molar-refractivity contribution in [1.82, 2.24) is 0 Å². The minimum atomic E-state index is -0.295. The Kier molecular flexibility index (Phi) is 4.47. The molecule has 0 spiro atoms. The Morgan fingerprint density at radius 1 is 1.04 bits per heavy atom. The summed E-state index contributed by atoms with van der Waals surface area (Å²) < 4.78 is 15.8. The summed E-state index contributed by atoms with van der Waals surface area (Å²) in [7, 11) is 4.53. The van der Waals surface area contributed by atoms with Gasteiger partial charge in [-0.25, -0.2) is 0 Å². The summed E-state index contributed by atoms with van der Waals surface area (Å²) >= 11 is 0. The minimum Gasteiger partial charge on any atom is -0.493 e. The topological polar surface area (TPSA) is 85.9 Å². The van der Waals surface area contributed by atoms with E-state index in [0.29, 0.717) is 28.5 Å². The molecule has 0 atom stereocenters. The lowest BCUT2D eigenvalue weighted by molar-refractivity contribution is -0.115. The molecule has 1 aliphatic rings. The van der Waals surface area contributed by atoms with Gasteiger partial charge in [-0.2, -0.15) is 0 Å². The molecule has 0 fully saturated rings. The highest BCUT2D eigenvalue weighted by Crippen LogP contribution is 2.40. The number of benzene rings is 2. The highest BCUT2D eigenvalue weighted by atomic mass is 16.5. The summed E-state index contributed by atoms with van der Waals surface area (Å²) in [5, 5.41) is 5.54. The Morgan fingerprint density at radius 3 is 2.32 bits per heavy atom. The number of ether oxygens (including phenoxy) is 3. The van der Waals surface area contributed by atoms with Crippen LogP contribution in [0.4, 0.5) is 11.4 Å². The number of carbonyl (C=O) groups excluding carboxylic acids is 2. The molecule has 25 heavy (non-hydrogen) atoms. The van der Waals surface area contributed by atoms with Crippen LogP contribution in [0.5, 0.6) is 17.2 Å². The van der Waals surface area contributed by atoms with E-state index in [1.807, 2.05) is 0 Å². The van der Waals surface area contributed by atoms with Gasteiger partial charge < -0.3 is 24.8 Å². The molecule has 130 valence electrons. The molecule has 1 heterocycles. The molecule has 0 unspecified atom stereocenters. The second-order valence-corrected chi connectivity index (χ2v) is 5.47. The fraction of sp³-hybridized carbons (Fsp3) is 0.222. The number of amides is 2. The van der Waals surface area contributed by atoms with Gasteiger partial charge in [0.1, 0.15) is 0 Å². The van der Waals surface area contributed by atoms with E-state index in [2.05, 4.69) is 10.6 Å². The smallest absolute Gasteiger partial charge is 0.255 e. The van der Waals surface area contributed by atoms with Gasteiger partial charge in [0.2, 0.25) is 11.7 Å². The van der Waals surface area contributed by atoms with Crippen molar-refractivity contribution in [2.24, 2.45) is 0 Å². The fourth-order valence-corrected chi connectivity index (χ4v) is 2.73. The molecule has 0 saturated carbocycles. The minimum absolute atomic E-state index is 0.0721. The second-order valence-electron chi connectivity index (χ2n) is 5.47. The molecule has 0 aromatic heterocycles. The Morgan fingerprint density at radius 2 is 1.72 bits per heavy atom. The van der Waals surface area contributed by atoms with Crippen LogP contribution in [0.25, 0.3) is 0 Å². The van der Waals surface area contributed by atoms with E-state index in [4.69, 9.17) is 14.2 Å². The predicted octanol–water partition coefficient (Wildman–Crippen LogP) is 2.46. The number of nitrogens with one attached hydrogen (secondary N) is 2. The molecule has 1 aliphatic heterocycles. The monoisotopic (exact) mass is 342 g/mol. The van der Waals surface area contributed by atoms with Crippen LogP contribution in [0.1, 0.15) is 15.9 Å². The fourth-order valence-electron chi connectivity index (χ4n) is 2.73. The summed E-state index contributed by atoms with van der Waals surface area (Å²) in [6.07, 6.45) is 0.278. The lowest BCUT2D eigenvalue weighted by Gasteiger charge is -2.14. The third-order valence-electron chi connectivity index (χ3n) is 3.92. The molecule has 2 N–H and O–H groups in total. The maximum absolute atomic E-state index is 12.5. The van der Waals surface area contributed by atoms with Gasteiger partial charge in [-0.05, 0) is 23.8 Å². The van der Waals surface area contributed by atoms with Gasteiger partial charge in [-0.1, -0.05) is 0 Å². The number of carbonyl (C=O) groups is 2. The van der Waals surface area contributed by atoms with E-state index in [1.54, 1.807) is 30.3 Å². The van der Waals surface area contributed by atoms with Gasteiger partial charge in [0.05, 0.1) is 27.8 Å². The van der Waals surface area contributed by atoms with Gasteiger partial charge in [0, 0.05) is 29.1 Å². The van der Waals surface area contributed by atoms with Gasteiger partial charge in [0.25, 0.3) is 5.91 Å². The molecular formula is C18H18N2O5. The summed E-state index contributed by atoms with van der Waals surface area (Å²) in [4.78, 5) is 23.9. The van der Waals surface area contributed by atoms with Gasteiger partial charge in [-0.15, -0.1) is 0 Å². The van der Waals surface area contributed by atoms with Crippen LogP contribution in [0.2, 0.25) is 0 Å². The molecule has 0 bridgehead atoms. The maximum atomic E-state index is 12.5. The molecule has 7 nitrogen and oxygen atoms in total. The highest BCUT2D eigenvalue weighted by molar-refractivity contribution is 6.06. The number of methoxy groups -OCH3 is 3. The van der Waals surface area contributed by atoms with Crippen LogP contribution < -0.4 is 24.8 Å². The zero-order valence-corrected chi connectivity index (χ0v) is 14.1. The quantitative estimate of drug-likeness (QED) is 0.872. The lowest BCUT2D eigenvalue weighted by Crippen LogP contribution is -2.12. The van der Waals surface area contributed by atoms with Crippen molar-refractivity contribution in [3.05, 3.63) is 41.5 Å². The van der Waals surface area contributed by atoms with E-state index in [-0.39, 0.29) is 18.2 Å². The van der Waals surface area contributed by atoms with E-state index in [1.165, 1.54) is 21.3 Å². The van der Waals surface area contributed by atoms with Crippen LogP contribution in [0.15, 0.2) is 30.3 Å². The summed E-state index contributed by atoms with van der Waals surface area (Å²) in [6, 6.07) is 8.40. The summed E-state index contributed by atoms with van der Waals surface area (Å²) in [5.74, 6) is 0.973. The van der Waals surface area contributed by atoms with E-state index in [0.717, 1.165) is 11.3 Å². The van der Waals surface area contributed by atoms with Crippen LogP contribution in [0.3, 0.4) is 0 Å². The molecule has 0 radical (unpaired) electrons. The van der Waals surface area contributed by atoms with Crippen molar-refractivity contribution in [3.63, 3.8) is 0 Å². The zero-order valence-electron chi connectivity index (χ0n) is 14.1. The zero-order chi connectivity index (χ0) is 18.0. The van der Waals surface area contributed by atoms with Gasteiger partial charge in [-0.3, -0.25) is 9.59 Å². The van der Waals surface area contributed by atoms with E-state index < -0.39 is 0 Å². The molecular weight excluding hydrogens is 324 g/mol. The summed E-state index contributed by atoms with van der Waals surface area (Å²) in [5.41, 5.74) is 2.52. The second kappa shape index (κ2) is 6.72. The van der Waals surface area contributed by atoms with Crippen LogP contribution in [-0.2, 0) is 11.2 Å². The van der Waals surface area contributed by atoms with Crippen LogP contribution >= 0.6 is 0 Å². The highest BCUT2D eigenvalue weighted by Gasteiger charge is 2.20. The Labute approximate surface area is 144 Å². The Bertz CT molecular complexity index is 822. The first-order chi connectivity index (χ1) is 12.0. The normalized spacial score (nSPS) is 12.2. The van der Waals surface area contributed by atoms with Crippen molar-refractivity contribution in [2.45, 2.75) is 6.42 Å². The largest absolute Gasteiger partial charge is 0.493 e. The van der Waals surface area contributed by atoms with Crippen LogP contribution in [-0.4, -0.2) is 33.1 Å². The molecule has 0 saturated heterocycles. The first-order valence-electron chi connectivity index (χ1n) is 7.60. The number of hydrogen-bond donors (Lipinski definition) is 2. The van der Waals surface area contributed by atoms with E-state index >= 15 is 0 Å². The molecule has 7 heteroatoms. The van der Waals surface area contributed by atoms with Crippen molar-refractivity contribution in [2.75, 3.05) is 32.0 Å². The average molecular weight is 342 g/mol. The average Bonchev–Trinajstić information content (AvgIpc) is 2.99. The number of fused-ring (bicyclic) bond motifs is 1. The van der Waals surface area contributed by atoms with Crippen molar-refractivity contribution in [1.29, 1.82) is 0 Å². The van der Waals surface area contributed by atoms with E-state index in [9.17, 15) is 9.59 Å². The van der Waals surface area contributed by atoms with Crippen molar-refractivity contribution >= 4 is 23.2 Å². The van der Waals surface area contributed by atoms with Crippen molar-refractivity contribution < 1.29 is 23.8 Å². The van der Waals surface area contributed by atoms with Crippen molar-refractivity contribution in [3.8, 4) is 17.2 Å². The third kappa shape index (κ3) is 3.21. The SMILES string of the molecule is COc1cc(NC(=O)c2ccc3c(c2)CC(=O)N3)cc(OC)c1OC. The first kappa shape index (κ1) is 16.6. The standard InChI is InChI=1S/C18H18N2O5/c1-23-14-8-12(9-15(24-2)17(14)25-3)19-18(22)10-4-5-13-11(6-10)7-16(21)20-13/h4-6,8-9H,7H2,1-3H3,(H,19,22)(H,20,21). The molecule has 2 aromatic carbocycles. The number of hydrogen-bond acceptors (Lipinski definition) is 5. The molecule has 2 amide bonds. The molecule has 0 aliphatic carbocycles. The molecule has 3 rings (SSSR count). The number of rotatable bonds is 5. The van der Waals surface area contributed by atoms with Gasteiger partial charge in [0.15, 0.2) is 11.5 Å². The van der Waals surface area contributed by atoms with Gasteiger partial charge >= 0.3 is 0 Å². The Hall–Kier alpha value is -3.22. The maximum Gasteiger partial charge on any atom is 0.255 e. The first-order valence-corrected chi connectivity index (χ1v) is 7.60. The third-order valence-corrected chi connectivity index (χ3v) is 3.92. The summed E-state index contributed by atoms with van der Waals surface area (Å²) in [6.45, 7) is 0. The Balaban J connectivity index is 1.86. The number of anilines is 2. The molecule has 2 aromatic rings. The predicted molar refractivity (Wildman–Crippen MR) is 92.8 cm³/mol. The lowest BCUT2D eigenvalue weighted by atomic mass is 10.1. The van der Waals surface area contributed by atoms with Crippen LogP contribution in [0, 0.1) is 0 Å².